The van der Waals surface area contributed by atoms with E-state index in [9.17, 15) is 9.90 Å². The number of pyridine rings is 1. The lowest BCUT2D eigenvalue weighted by Gasteiger charge is -2.58. The first-order valence-corrected chi connectivity index (χ1v) is 13.2. The van der Waals surface area contributed by atoms with Gasteiger partial charge in [0.25, 0.3) is 5.91 Å². The monoisotopic (exact) mass is 498 g/mol. The fourth-order valence-corrected chi connectivity index (χ4v) is 6.88. The Morgan fingerprint density at radius 3 is 2.46 bits per heavy atom. The first-order chi connectivity index (χ1) is 18.0. The number of rotatable bonds is 8. The molecule has 3 aromatic rings. The second kappa shape index (κ2) is 9.71. The van der Waals surface area contributed by atoms with Gasteiger partial charge in [0.05, 0.1) is 16.9 Å². The maximum absolute atomic E-state index is 12.6. The van der Waals surface area contributed by atoms with Gasteiger partial charge in [-0.25, -0.2) is 4.98 Å². The van der Waals surface area contributed by atoms with Crippen molar-refractivity contribution in [3.8, 4) is 5.75 Å². The number of benzene rings is 2. The summed E-state index contributed by atoms with van der Waals surface area (Å²) in [6, 6.07) is 20.0. The highest BCUT2D eigenvalue weighted by molar-refractivity contribution is 5.99. The number of ether oxygens (including phenoxy) is 1. The predicted molar refractivity (Wildman–Crippen MR) is 144 cm³/mol. The Bertz CT molecular complexity index is 1250. The summed E-state index contributed by atoms with van der Waals surface area (Å²) in [6.45, 7) is 0.520. The normalized spacial score (nSPS) is 27.5. The fourth-order valence-electron chi connectivity index (χ4n) is 6.88. The number of nitrogens with one attached hydrogen (secondary N) is 3. The Kier molecular flexibility index (Phi) is 6.24. The molecule has 1 unspecified atom stereocenters. The van der Waals surface area contributed by atoms with Crippen LogP contribution in [0.2, 0.25) is 0 Å². The van der Waals surface area contributed by atoms with Gasteiger partial charge in [-0.05, 0) is 79.7 Å². The van der Waals surface area contributed by atoms with E-state index in [-0.39, 0.29) is 11.9 Å². The first-order valence-electron chi connectivity index (χ1n) is 13.2. The number of carbonyl (C=O) groups excluding carboxylic acids is 1. The molecule has 7 nitrogen and oxygen atoms in total. The van der Waals surface area contributed by atoms with E-state index < -0.39 is 5.60 Å². The van der Waals surface area contributed by atoms with Crippen LogP contribution >= 0.6 is 0 Å². The summed E-state index contributed by atoms with van der Waals surface area (Å²) in [6.07, 6.45) is 6.59. The molecule has 7 heteroatoms. The molecule has 37 heavy (non-hydrogen) atoms. The number of amides is 1. The molecule has 0 saturated heterocycles. The molecule has 0 radical (unpaired) electrons. The van der Waals surface area contributed by atoms with Gasteiger partial charge in [0, 0.05) is 31.0 Å². The van der Waals surface area contributed by atoms with Crippen LogP contribution in [-0.2, 0) is 6.61 Å². The molecule has 4 N–H and O–H groups in total. The largest absolute Gasteiger partial charge is 0.489 e. The quantitative estimate of drug-likeness (QED) is 0.345. The van der Waals surface area contributed by atoms with Crippen molar-refractivity contribution in [2.24, 2.45) is 17.8 Å². The fraction of sp³-hybridized carbons (Fsp3) is 0.400. The minimum Gasteiger partial charge on any atom is -0.489 e. The van der Waals surface area contributed by atoms with E-state index in [4.69, 9.17) is 4.74 Å². The molecule has 4 aliphatic carbocycles. The third kappa shape index (κ3) is 5.01. The highest BCUT2D eigenvalue weighted by atomic mass is 16.5. The lowest BCUT2D eigenvalue weighted by molar-refractivity contribution is -0.129. The standard InChI is InChI=1S/C30H34N4O3/c1-31-29(35)25-17-32-27(33-23-7-9-24(10-8-23)37-18-19-5-3-2-4-6-19)13-26(25)34-28-21-11-20-12-22(28)16-30(36,14-20)15-21/h2-10,13,17,20-22,28,36H,11-12,14-16,18H2,1H3,(H,31,35)(H2,32,33,34)/t20?,21-,22+,28-,30-. The number of hydrogen-bond donors (Lipinski definition) is 4. The molecule has 7 rings (SSSR count). The maximum atomic E-state index is 12.6. The minimum absolute atomic E-state index is 0.163. The molecule has 1 aromatic heterocycles. The Morgan fingerprint density at radius 2 is 1.78 bits per heavy atom. The van der Waals surface area contributed by atoms with Crippen molar-refractivity contribution in [1.29, 1.82) is 0 Å². The van der Waals surface area contributed by atoms with Gasteiger partial charge in [-0.2, -0.15) is 0 Å². The summed E-state index contributed by atoms with van der Waals surface area (Å²) in [5.41, 5.74) is 2.84. The first kappa shape index (κ1) is 23.8. The van der Waals surface area contributed by atoms with Crippen LogP contribution in [0.25, 0.3) is 0 Å². The molecular formula is C30H34N4O3. The Hall–Kier alpha value is -3.58. The molecule has 4 bridgehead atoms. The molecule has 0 spiro atoms. The number of carbonyl (C=O) groups is 1. The highest BCUT2D eigenvalue weighted by Gasteiger charge is 2.54. The lowest BCUT2D eigenvalue weighted by atomic mass is 9.52. The SMILES string of the molecule is CNC(=O)c1cnc(Nc2ccc(OCc3ccccc3)cc2)cc1N[C@@H]1[C@@H]2CC3C[C@H]1C[C@@](O)(C3)C2. The number of hydrogen-bond acceptors (Lipinski definition) is 6. The summed E-state index contributed by atoms with van der Waals surface area (Å²) >= 11 is 0. The third-order valence-electron chi connectivity index (χ3n) is 8.31. The van der Waals surface area contributed by atoms with Crippen molar-refractivity contribution in [1.82, 2.24) is 10.3 Å². The van der Waals surface area contributed by atoms with Gasteiger partial charge < -0.3 is 25.8 Å². The average Bonchev–Trinajstić information content (AvgIpc) is 2.90. The number of anilines is 3. The lowest BCUT2D eigenvalue weighted by Crippen LogP contribution is -2.59. The van der Waals surface area contributed by atoms with Crippen LogP contribution in [0.1, 0.15) is 48.0 Å². The van der Waals surface area contributed by atoms with Crippen molar-refractivity contribution < 1.29 is 14.6 Å². The van der Waals surface area contributed by atoms with E-state index in [1.165, 1.54) is 0 Å². The Morgan fingerprint density at radius 1 is 1.05 bits per heavy atom. The summed E-state index contributed by atoms with van der Waals surface area (Å²) < 4.78 is 5.89. The molecule has 1 amide bonds. The van der Waals surface area contributed by atoms with Crippen molar-refractivity contribution in [2.45, 2.75) is 50.4 Å². The van der Waals surface area contributed by atoms with Crippen LogP contribution in [0, 0.1) is 17.8 Å². The molecular weight excluding hydrogens is 464 g/mol. The van der Waals surface area contributed by atoms with Crippen LogP contribution in [0.15, 0.2) is 66.9 Å². The van der Waals surface area contributed by atoms with E-state index in [0.29, 0.717) is 35.7 Å². The molecule has 2 aromatic carbocycles. The van der Waals surface area contributed by atoms with Gasteiger partial charge in [-0.3, -0.25) is 4.79 Å². The van der Waals surface area contributed by atoms with Gasteiger partial charge in [0.1, 0.15) is 18.2 Å². The highest BCUT2D eigenvalue weighted by Crippen LogP contribution is 2.56. The predicted octanol–water partition coefficient (Wildman–Crippen LogP) is 5.12. The minimum atomic E-state index is -0.486. The topological polar surface area (TPSA) is 95.5 Å². The van der Waals surface area contributed by atoms with E-state index in [0.717, 1.165) is 54.8 Å². The van der Waals surface area contributed by atoms with E-state index >= 15 is 0 Å². The van der Waals surface area contributed by atoms with Gasteiger partial charge in [0.2, 0.25) is 0 Å². The van der Waals surface area contributed by atoms with Crippen molar-refractivity contribution in [2.75, 3.05) is 17.7 Å². The number of aliphatic hydroxyl groups is 1. The smallest absolute Gasteiger partial charge is 0.254 e. The average molecular weight is 499 g/mol. The van der Waals surface area contributed by atoms with Gasteiger partial charge in [-0.1, -0.05) is 30.3 Å². The zero-order chi connectivity index (χ0) is 25.4. The molecule has 4 aliphatic rings. The van der Waals surface area contributed by atoms with Crippen molar-refractivity contribution >= 4 is 23.1 Å². The Balaban J connectivity index is 1.17. The summed E-state index contributed by atoms with van der Waals surface area (Å²) in [4.78, 5) is 17.2. The summed E-state index contributed by atoms with van der Waals surface area (Å²) in [7, 11) is 1.64. The Labute approximate surface area is 217 Å². The van der Waals surface area contributed by atoms with E-state index in [1.807, 2.05) is 60.7 Å². The van der Waals surface area contributed by atoms with E-state index in [1.54, 1.807) is 13.2 Å². The van der Waals surface area contributed by atoms with Crippen LogP contribution in [-0.4, -0.2) is 34.7 Å². The molecule has 1 heterocycles. The van der Waals surface area contributed by atoms with Gasteiger partial charge in [-0.15, -0.1) is 0 Å². The molecule has 0 aliphatic heterocycles. The molecule has 5 atom stereocenters. The zero-order valence-electron chi connectivity index (χ0n) is 21.1. The molecule has 4 saturated carbocycles. The third-order valence-corrected chi connectivity index (χ3v) is 8.31. The second-order valence-electron chi connectivity index (χ2n) is 11.0. The number of nitrogens with zero attached hydrogens (tertiary/aromatic N) is 1. The summed E-state index contributed by atoms with van der Waals surface area (Å²) in [5.74, 6) is 2.79. The van der Waals surface area contributed by atoms with E-state index in [2.05, 4.69) is 20.9 Å². The molecule has 192 valence electrons. The van der Waals surface area contributed by atoms with Crippen LogP contribution in [0.3, 0.4) is 0 Å². The van der Waals surface area contributed by atoms with Crippen molar-refractivity contribution in [3.63, 3.8) is 0 Å². The zero-order valence-corrected chi connectivity index (χ0v) is 21.1. The second-order valence-corrected chi connectivity index (χ2v) is 11.0. The summed E-state index contributed by atoms with van der Waals surface area (Å²) in [5, 5.41) is 20.8. The maximum Gasteiger partial charge on any atom is 0.254 e. The van der Waals surface area contributed by atoms with Gasteiger partial charge in [0.15, 0.2) is 0 Å². The van der Waals surface area contributed by atoms with Crippen LogP contribution < -0.4 is 20.7 Å². The van der Waals surface area contributed by atoms with Crippen LogP contribution in [0.5, 0.6) is 5.75 Å². The van der Waals surface area contributed by atoms with Crippen LogP contribution in [0.4, 0.5) is 17.2 Å². The molecule has 4 fully saturated rings. The number of aromatic nitrogens is 1. The van der Waals surface area contributed by atoms with Gasteiger partial charge >= 0.3 is 0 Å². The van der Waals surface area contributed by atoms with Crippen molar-refractivity contribution in [3.05, 3.63) is 78.0 Å².